The summed E-state index contributed by atoms with van der Waals surface area (Å²) in [7, 11) is 0. The smallest absolute Gasteiger partial charge is 0.151 e. The van der Waals surface area contributed by atoms with Gasteiger partial charge in [0.05, 0.1) is 28.8 Å². The summed E-state index contributed by atoms with van der Waals surface area (Å²) in [5.74, 6) is 6.43. The Labute approximate surface area is 190 Å². The molecule has 0 saturated carbocycles. The van der Waals surface area contributed by atoms with E-state index in [0.29, 0.717) is 17.7 Å². The van der Waals surface area contributed by atoms with Crippen LogP contribution in [0.2, 0.25) is 0 Å². The summed E-state index contributed by atoms with van der Waals surface area (Å²) in [6.45, 7) is 4.45. The zero-order valence-electron chi connectivity index (χ0n) is 18.2. The first-order chi connectivity index (χ1) is 16.2. The molecule has 1 unspecified atom stereocenters. The van der Waals surface area contributed by atoms with Crippen LogP contribution in [0.3, 0.4) is 0 Å². The minimum Gasteiger partial charge on any atom is -0.356 e. The number of hydrogen-bond acceptors (Lipinski definition) is 7. The highest BCUT2D eigenvalue weighted by molar-refractivity contribution is 5.92. The fraction of sp³-hybridized carbons (Fsp3) is 0.250. The second-order valence-electron chi connectivity index (χ2n) is 8.06. The highest BCUT2D eigenvalue weighted by Gasteiger charge is 2.20. The first kappa shape index (κ1) is 21.0. The van der Waals surface area contributed by atoms with Crippen molar-refractivity contribution in [1.82, 2.24) is 19.2 Å². The predicted octanol–water partition coefficient (Wildman–Crippen LogP) is 3.66. The van der Waals surface area contributed by atoms with Crippen molar-refractivity contribution in [2.45, 2.75) is 31.9 Å². The minimum atomic E-state index is -0.0477. The van der Waals surface area contributed by atoms with Crippen molar-refractivity contribution in [2.75, 3.05) is 11.6 Å². The van der Waals surface area contributed by atoms with Crippen LogP contribution < -0.4 is 10.9 Å². The molecule has 1 atom stereocenters. The number of anilines is 1. The van der Waals surface area contributed by atoms with Gasteiger partial charge in [0.25, 0.3) is 0 Å². The summed E-state index contributed by atoms with van der Waals surface area (Å²) in [5.41, 5.74) is 4.58. The Morgan fingerprint density at radius 1 is 1.30 bits per heavy atom. The zero-order valence-corrected chi connectivity index (χ0v) is 18.2. The van der Waals surface area contributed by atoms with Gasteiger partial charge in [-0.15, -0.1) is 0 Å². The number of pyridine rings is 1. The van der Waals surface area contributed by atoms with E-state index in [2.05, 4.69) is 21.8 Å². The van der Waals surface area contributed by atoms with Crippen molar-refractivity contribution in [3.63, 3.8) is 0 Å². The van der Waals surface area contributed by atoms with Crippen LogP contribution in [-0.2, 0) is 11.2 Å². The van der Waals surface area contributed by atoms with Gasteiger partial charge in [0.2, 0.25) is 0 Å². The van der Waals surface area contributed by atoms with Crippen molar-refractivity contribution in [2.24, 2.45) is 10.8 Å². The summed E-state index contributed by atoms with van der Waals surface area (Å²) in [5, 5.41) is 7.06. The molecule has 9 nitrogen and oxygen atoms in total. The highest BCUT2D eigenvalue weighted by atomic mass is 16.5. The van der Waals surface area contributed by atoms with Gasteiger partial charge in [0.15, 0.2) is 12.5 Å². The van der Waals surface area contributed by atoms with Crippen LogP contribution in [0, 0.1) is 0 Å². The number of carbonyl (C=O) groups is 1. The first-order valence-corrected chi connectivity index (χ1v) is 10.9. The number of carbonyl (C=O) groups excluding carboxylic acids is 1. The minimum absolute atomic E-state index is 0.0477. The summed E-state index contributed by atoms with van der Waals surface area (Å²) in [6.07, 6.45) is 11.6. The van der Waals surface area contributed by atoms with Gasteiger partial charge in [-0.3, -0.25) is 14.8 Å². The predicted molar refractivity (Wildman–Crippen MR) is 127 cm³/mol. The molecule has 3 aromatic heterocycles. The number of imidazole rings is 1. The molecule has 1 aliphatic heterocycles. The topological polar surface area (TPSA) is 103 Å². The molecular formula is C24H25N7O2. The number of allylic oxidation sites excluding steroid dienone is 1. The van der Waals surface area contributed by atoms with Crippen LogP contribution in [-0.4, -0.2) is 38.8 Å². The van der Waals surface area contributed by atoms with Crippen LogP contribution in [0.5, 0.6) is 0 Å². The molecular weight excluding hydrogens is 418 g/mol. The van der Waals surface area contributed by atoms with Gasteiger partial charge in [-0.25, -0.2) is 15.5 Å². The summed E-state index contributed by atoms with van der Waals surface area (Å²) in [4.78, 5) is 19.8. The zero-order chi connectivity index (χ0) is 22.8. The van der Waals surface area contributed by atoms with E-state index in [9.17, 15) is 4.79 Å². The van der Waals surface area contributed by atoms with E-state index in [1.54, 1.807) is 23.5 Å². The molecule has 1 aromatic carbocycles. The molecule has 1 saturated heterocycles. The van der Waals surface area contributed by atoms with Gasteiger partial charge in [-0.1, -0.05) is 6.07 Å². The largest absolute Gasteiger partial charge is 0.356 e. The van der Waals surface area contributed by atoms with E-state index in [1.807, 2.05) is 45.7 Å². The number of nitrogens with two attached hydrogens (primary N) is 1. The molecule has 168 valence electrons. The molecule has 0 aliphatic carbocycles. The first-order valence-electron chi connectivity index (χ1n) is 10.9. The Hall–Kier alpha value is -3.82. The lowest BCUT2D eigenvalue weighted by Gasteiger charge is -2.23. The molecule has 2 N–H and O–H groups in total. The Balaban J connectivity index is 1.41. The average Bonchev–Trinajstić information content (AvgIpc) is 3.47. The van der Waals surface area contributed by atoms with E-state index in [1.165, 1.54) is 0 Å². The molecule has 4 aromatic rings. The Bertz CT molecular complexity index is 1350. The van der Waals surface area contributed by atoms with Crippen molar-refractivity contribution in [3.05, 3.63) is 72.1 Å². The van der Waals surface area contributed by atoms with Gasteiger partial charge < -0.3 is 9.14 Å². The van der Waals surface area contributed by atoms with Crippen molar-refractivity contribution in [1.29, 1.82) is 0 Å². The van der Waals surface area contributed by atoms with E-state index < -0.39 is 0 Å². The van der Waals surface area contributed by atoms with E-state index >= 15 is 0 Å². The molecule has 0 spiro atoms. The van der Waals surface area contributed by atoms with Crippen LogP contribution in [0.4, 0.5) is 5.69 Å². The molecule has 5 rings (SSSR count). The second kappa shape index (κ2) is 8.97. The normalized spacial score (nSPS) is 16.9. The quantitative estimate of drug-likeness (QED) is 0.202. The molecule has 0 bridgehead atoms. The van der Waals surface area contributed by atoms with Crippen LogP contribution in [0.25, 0.3) is 16.6 Å². The number of fused-ring (bicyclic) bond motifs is 2. The summed E-state index contributed by atoms with van der Waals surface area (Å²) >= 11 is 0. The number of rotatable bonds is 7. The molecule has 9 heteroatoms. The fourth-order valence-electron chi connectivity index (χ4n) is 4.20. The van der Waals surface area contributed by atoms with Crippen molar-refractivity contribution in [3.8, 4) is 0 Å². The third kappa shape index (κ3) is 4.15. The van der Waals surface area contributed by atoms with Gasteiger partial charge >= 0.3 is 0 Å². The number of hydrazine groups is 1. The van der Waals surface area contributed by atoms with Gasteiger partial charge in [-0.2, -0.15) is 5.10 Å². The highest BCUT2D eigenvalue weighted by Crippen LogP contribution is 2.31. The third-order valence-corrected chi connectivity index (χ3v) is 5.84. The van der Waals surface area contributed by atoms with Gasteiger partial charge in [0, 0.05) is 42.6 Å². The third-order valence-electron chi connectivity index (χ3n) is 5.84. The fourth-order valence-corrected chi connectivity index (χ4v) is 4.20. The molecule has 4 heterocycles. The number of nitrogens with zero attached hydrogens (tertiary/aromatic N) is 6. The standard InChI is InChI=1S/C24H25N7O2/c1-26-18(11-19-14-29-13-17(16-32)8-9-23(29)28-19)15-30(25)21-5-4-6-22-20(21)12-27-31(22)24-7-2-3-10-33-24/h4-6,8-9,12-16,24H,1-3,7,10-11,25H2/b18-15-. The van der Waals surface area contributed by atoms with E-state index in [-0.39, 0.29) is 6.23 Å². The maximum absolute atomic E-state index is 11.0. The van der Waals surface area contributed by atoms with Crippen LogP contribution in [0.1, 0.15) is 41.5 Å². The lowest BCUT2D eigenvalue weighted by Crippen LogP contribution is -2.25. The Morgan fingerprint density at radius 2 is 2.21 bits per heavy atom. The lowest BCUT2D eigenvalue weighted by molar-refractivity contribution is -0.0366. The maximum atomic E-state index is 11.0. The van der Waals surface area contributed by atoms with Crippen molar-refractivity contribution >= 4 is 35.2 Å². The maximum Gasteiger partial charge on any atom is 0.151 e. The number of ether oxygens (including phenoxy) is 1. The number of benzene rings is 1. The van der Waals surface area contributed by atoms with Gasteiger partial charge in [-0.05, 0) is 50.2 Å². The Morgan fingerprint density at radius 3 is 3.00 bits per heavy atom. The van der Waals surface area contributed by atoms with Crippen LogP contribution >= 0.6 is 0 Å². The summed E-state index contributed by atoms with van der Waals surface area (Å²) in [6, 6.07) is 9.47. The number of aliphatic imine (C=N–C) groups is 1. The Kier molecular flexibility index (Phi) is 5.72. The summed E-state index contributed by atoms with van der Waals surface area (Å²) < 4.78 is 9.67. The average molecular weight is 444 g/mol. The lowest BCUT2D eigenvalue weighted by atomic mass is 10.1. The van der Waals surface area contributed by atoms with E-state index in [0.717, 1.165) is 60.1 Å². The second-order valence-corrected chi connectivity index (χ2v) is 8.06. The SMILES string of the molecule is C=N/C(=C\N(N)c1cccc2c1cnn2C1CCCCO1)Cc1cn2cc(C=O)ccc2n1. The number of aromatic nitrogens is 4. The monoisotopic (exact) mass is 443 g/mol. The van der Waals surface area contributed by atoms with E-state index in [4.69, 9.17) is 10.6 Å². The molecule has 1 fully saturated rings. The molecule has 1 aliphatic rings. The molecule has 33 heavy (non-hydrogen) atoms. The number of aldehydes is 1. The number of hydrogen-bond donors (Lipinski definition) is 1. The van der Waals surface area contributed by atoms with Gasteiger partial charge in [0.1, 0.15) is 5.65 Å². The van der Waals surface area contributed by atoms with Crippen LogP contribution in [0.15, 0.2) is 65.8 Å². The molecule has 0 radical (unpaired) electrons. The molecule has 0 amide bonds. The van der Waals surface area contributed by atoms with Crippen molar-refractivity contribution < 1.29 is 9.53 Å².